The van der Waals surface area contributed by atoms with Gasteiger partial charge in [0.25, 0.3) is 0 Å². The van der Waals surface area contributed by atoms with E-state index in [4.69, 9.17) is 7.85 Å². The Bertz CT molecular complexity index is 393. The van der Waals surface area contributed by atoms with Crippen LogP contribution in [0.5, 0.6) is 0 Å². The van der Waals surface area contributed by atoms with Crippen LogP contribution in [0, 0.1) is 6.92 Å². The molecule has 0 fully saturated rings. The molecule has 2 rings (SSSR count). The van der Waals surface area contributed by atoms with Gasteiger partial charge in [0.15, 0.2) is 0 Å². The van der Waals surface area contributed by atoms with Crippen molar-refractivity contribution in [1.82, 2.24) is 9.38 Å². The zero-order valence-corrected chi connectivity index (χ0v) is 8.28. The van der Waals surface area contributed by atoms with Crippen molar-refractivity contribution < 1.29 is 0 Å². The van der Waals surface area contributed by atoms with Crippen LogP contribution in [-0.2, 0) is 0 Å². The molecule has 2 nitrogen and oxygen atoms in total. The molecule has 0 atom stereocenters. The lowest BCUT2D eigenvalue weighted by Crippen LogP contribution is -2.06. The molecule has 0 bridgehead atoms. The number of rotatable bonds is 0. The summed E-state index contributed by atoms with van der Waals surface area (Å²) in [5.41, 5.74) is 2.66. The van der Waals surface area contributed by atoms with Crippen molar-refractivity contribution in [2.75, 3.05) is 0 Å². The van der Waals surface area contributed by atoms with Crippen molar-refractivity contribution in [2.45, 2.75) is 20.8 Å². The largest absolute Gasteiger partial charge is 0.305 e. The third-order valence-corrected chi connectivity index (χ3v) is 1.75. The maximum atomic E-state index is 5.69. The van der Waals surface area contributed by atoms with E-state index in [1.54, 1.807) is 0 Å². The predicted molar refractivity (Wildman–Crippen MR) is 56.7 cm³/mol. The summed E-state index contributed by atoms with van der Waals surface area (Å²) < 4.78 is 1.97. The lowest BCUT2D eigenvalue weighted by molar-refractivity contribution is 1.12. The summed E-state index contributed by atoms with van der Waals surface area (Å²) >= 11 is 0. The Balaban J connectivity index is 0.000000396. The first kappa shape index (κ1) is 9.84. The number of hydrogen-bond donors (Lipinski definition) is 0. The minimum Gasteiger partial charge on any atom is -0.305 e. The molecule has 0 aliphatic rings. The highest BCUT2D eigenvalue weighted by atomic mass is 15.0. The van der Waals surface area contributed by atoms with Crippen molar-refractivity contribution >= 4 is 19.0 Å². The Morgan fingerprint density at radius 2 is 2.08 bits per heavy atom. The standard InChI is InChI=1S/C8H7BN2.C2H6/c1-6-5-10-8-7(9)3-2-4-11(6)8;1-2/h2-5H,1H3;1-2H3. The Hall–Kier alpha value is -1.25. The molecule has 0 spiro atoms. The van der Waals surface area contributed by atoms with Crippen LogP contribution in [-0.4, -0.2) is 17.2 Å². The molecule has 13 heavy (non-hydrogen) atoms. The van der Waals surface area contributed by atoms with E-state index in [0.717, 1.165) is 16.8 Å². The van der Waals surface area contributed by atoms with Crippen LogP contribution in [0.15, 0.2) is 24.5 Å². The molecule has 2 heterocycles. The van der Waals surface area contributed by atoms with Gasteiger partial charge in [-0.2, -0.15) is 0 Å². The molecule has 0 N–H and O–H groups in total. The van der Waals surface area contributed by atoms with Gasteiger partial charge in [0.2, 0.25) is 0 Å². The Morgan fingerprint density at radius 1 is 1.38 bits per heavy atom. The molecule has 0 aromatic carbocycles. The van der Waals surface area contributed by atoms with Crippen LogP contribution in [0.3, 0.4) is 0 Å². The minimum atomic E-state index is 0.723. The number of hydrogen-bond acceptors (Lipinski definition) is 1. The van der Waals surface area contributed by atoms with E-state index in [-0.39, 0.29) is 0 Å². The molecule has 3 heteroatoms. The van der Waals surface area contributed by atoms with E-state index in [2.05, 4.69) is 4.98 Å². The fourth-order valence-corrected chi connectivity index (χ4v) is 1.16. The molecule has 2 aromatic rings. The first-order valence-electron chi connectivity index (χ1n) is 4.47. The van der Waals surface area contributed by atoms with E-state index < -0.39 is 0 Å². The third-order valence-electron chi connectivity index (χ3n) is 1.75. The summed E-state index contributed by atoms with van der Waals surface area (Å²) in [6, 6.07) is 3.76. The average molecular weight is 172 g/mol. The maximum absolute atomic E-state index is 5.69. The topological polar surface area (TPSA) is 17.3 Å². The first-order chi connectivity index (χ1) is 6.29. The van der Waals surface area contributed by atoms with Gasteiger partial charge in [0, 0.05) is 18.1 Å². The highest BCUT2D eigenvalue weighted by Gasteiger charge is 1.98. The second kappa shape index (κ2) is 4.12. The molecule has 0 saturated carbocycles. The summed E-state index contributed by atoms with van der Waals surface area (Å²) in [4.78, 5) is 4.16. The van der Waals surface area contributed by atoms with Gasteiger partial charge < -0.3 is 4.40 Å². The summed E-state index contributed by atoms with van der Waals surface area (Å²) in [5, 5.41) is 0. The van der Waals surface area contributed by atoms with E-state index in [0.29, 0.717) is 0 Å². The maximum Gasteiger partial charge on any atom is 0.129 e. The van der Waals surface area contributed by atoms with Crippen molar-refractivity contribution in [2.24, 2.45) is 0 Å². The normalized spacial score (nSPS) is 9.46. The highest BCUT2D eigenvalue weighted by Crippen LogP contribution is 2.00. The van der Waals surface area contributed by atoms with Gasteiger partial charge in [0.05, 0.1) is 0 Å². The van der Waals surface area contributed by atoms with Crippen LogP contribution in [0.1, 0.15) is 19.5 Å². The van der Waals surface area contributed by atoms with Crippen molar-refractivity contribution in [3.05, 3.63) is 30.2 Å². The van der Waals surface area contributed by atoms with Gasteiger partial charge in [-0.1, -0.05) is 25.4 Å². The molecular formula is C10H13BN2. The van der Waals surface area contributed by atoms with Gasteiger partial charge in [-0.3, -0.25) is 0 Å². The Kier molecular flexibility index (Phi) is 3.12. The van der Waals surface area contributed by atoms with Gasteiger partial charge in [-0.15, -0.1) is 0 Å². The molecule has 2 radical (unpaired) electrons. The van der Waals surface area contributed by atoms with E-state index in [1.807, 2.05) is 49.7 Å². The quantitative estimate of drug-likeness (QED) is 0.550. The fraction of sp³-hybridized carbons (Fsp3) is 0.300. The van der Waals surface area contributed by atoms with Crippen LogP contribution < -0.4 is 5.46 Å². The van der Waals surface area contributed by atoms with E-state index in [1.165, 1.54) is 0 Å². The number of fused-ring (bicyclic) bond motifs is 1. The molecule has 66 valence electrons. The zero-order chi connectivity index (χ0) is 9.84. The van der Waals surface area contributed by atoms with E-state index >= 15 is 0 Å². The minimum absolute atomic E-state index is 0.723. The number of pyridine rings is 1. The first-order valence-corrected chi connectivity index (χ1v) is 4.47. The molecule has 0 unspecified atom stereocenters. The van der Waals surface area contributed by atoms with E-state index in [9.17, 15) is 0 Å². The van der Waals surface area contributed by atoms with Crippen LogP contribution in [0.25, 0.3) is 5.65 Å². The van der Waals surface area contributed by atoms with Crippen LogP contribution >= 0.6 is 0 Å². The lowest BCUT2D eigenvalue weighted by Gasteiger charge is -1.97. The molecule has 0 aliphatic heterocycles. The second-order valence-electron chi connectivity index (χ2n) is 2.56. The van der Waals surface area contributed by atoms with Crippen molar-refractivity contribution in [3.63, 3.8) is 0 Å². The predicted octanol–water partition coefficient (Wildman–Crippen LogP) is 1.46. The van der Waals surface area contributed by atoms with Gasteiger partial charge >= 0.3 is 0 Å². The summed E-state index contributed by atoms with van der Waals surface area (Å²) in [5.74, 6) is 0. The zero-order valence-electron chi connectivity index (χ0n) is 8.28. The lowest BCUT2D eigenvalue weighted by atomic mass is 9.98. The molecular weight excluding hydrogens is 159 g/mol. The number of nitrogens with zero attached hydrogens (tertiary/aromatic N) is 2. The van der Waals surface area contributed by atoms with Crippen LogP contribution in [0.2, 0.25) is 0 Å². The van der Waals surface area contributed by atoms with Crippen molar-refractivity contribution in [1.29, 1.82) is 0 Å². The third kappa shape index (κ3) is 1.74. The second-order valence-corrected chi connectivity index (χ2v) is 2.56. The molecule has 0 saturated heterocycles. The highest BCUT2D eigenvalue weighted by molar-refractivity contribution is 6.36. The van der Waals surface area contributed by atoms with Crippen LogP contribution in [0.4, 0.5) is 0 Å². The summed E-state index contributed by atoms with van der Waals surface area (Å²) in [7, 11) is 5.69. The number of imidazole rings is 1. The van der Waals surface area contributed by atoms with Gasteiger partial charge in [-0.25, -0.2) is 4.98 Å². The summed E-state index contributed by atoms with van der Waals surface area (Å²) in [6.45, 7) is 6.00. The van der Waals surface area contributed by atoms with Gasteiger partial charge in [0.1, 0.15) is 13.5 Å². The molecule has 0 amide bonds. The van der Waals surface area contributed by atoms with Gasteiger partial charge in [-0.05, 0) is 13.0 Å². The monoisotopic (exact) mass is 172 g/mol. The average Bonchev–Trinajstić information content (AvgIpc) is 2.53. The Labute approximate surface area is 80.0 Å². The SMILES string of the molecule is CC.[B]c1cccn2c(C)cnc12. The van der Waals surface area contributed by atoms with Crippen molar-refractivity contribution in [3.8, 4) is 0 Å². The fourth-order valence-electron chi connectivity index (χ4n) is 1.16. The number of aryl methyl sites for hydroxylation is 1. The smallest absolute Gasteiger partial charge is 0.129 e. The summed E-state index contributed by atoms with van der Waals surface area (Å²) in [6.07, 6.45) is 3.76. The Morgan fingerprint density at radius 3 is 2.69 bits per heavy atom. The number of aromatic nitrogens is 2. The molecule has 2 aromatic heterocycles. The molecule has 0 aliphatic carbocycles.